The minimum atomic E-state index is -4.64. The van der Waals surface area contributed by atoms with Crippen LogP contribution in [-0.4, -0.2) is 12.7 Å². The number of aryl methyl sites for hydroxylation is 4. The topological polar surface area (TPSA) is 18.5 Å². The normalized spacial score (nSPS) is 11.0. The van der Waals surface area contributed by atoms with Gasteiger partial charge in [-0.3, -0.25) is 0 Å². The molecule has 6 rings (SSSR count). The van der Waals surface area contributed by atoms with Gasteiger partial charge in [0.05, 0.1) is 0 Å². The highest BCUT2D eigenvalue weighted by atomic mass is 19.4. The van der Waals surface area contributed by atoms with Gasteiger partial charge in [0.1, 0.15) is 11.5 Å². The van der Waals surface area contributed by atoms with Gasteiger partial charge in [0.2, 0.25) is 0 Å². The van der Waals surface area contributed by atoms with Crippen LogP contribution in [0.2, 0.25) is 0 Å². The Morgan fingerprint density at radius 1 is 0.380 bits per heavy atom. The van der Waals surface area contributed by atoms with Gasteiger partial charge in [-0.05, 0) is 91.9 Å². The van der Waals surface area contributed by atoms with Crippen molar-refractivity contribution >= 4 is 21.5 Å². The van der Waals surface area contributed by atoms with Gasteiger partial charge in [0.25, 0.3) is 0 Å². The fourth-order valence-electron chi connectivity index (χ4n) is 4.27. The molecule has 0 fully saturated rings. The summed E-state index contributed by atoms with van der Waals surface area (Å²) in [5.41, 5.74) is 3.73. The van der Waals surface area contributed by atoms with E-state index in [0.717, 1.165) is 56.6 Å². The van der Waals surface area contributed by atoms with E-state index in [1.54, 1.807) is 56.3 Å². The van der Waals surface area contributed by atoms with Crippen molar-refractivity contribution in [2.24, 2.45) is 0 Å². The number of hydrogen-bond acceptors (Lipinski definition) is 2. The van der Waals surface area contributed by atoms with E-state index in [0.29, 0.717) is 5.39 Å². The summed E-state index contributed by atoms with van der Waals surface area (Å²) in [4.78, 5) is 0. The zero-order chi connectivity index (χ0) is 37.2. The zero-order valence-corrected chi connectivity index (χ0v) is 27.0. The molecule has 0 bridgehead atoms. The Kier molecular flexibility index (Phi) is 13.3. The number of alkyl halides is 6. The van der Waals surface area contributed by atoms with Crippen molar-refractivity contribution in [3.05, 3.63) is 155 Å². The average Bonchev–Trinajstić information content (AvgIpc) is 3.02. The predicted octanol–water partition coefficient (Wildman–Crippen LogP) is 12.6. The van der Waals surface area contributed by atoms with Crippen LogP contribution in [0.1, 0.15) is 22.3 Å². The third-order valence-electron chi connectivity index (χ3n) is 6.59. The number of hydrogen-bond donors (Lipinski definition) is 0. The highest BCUT2D eigenvalue weighted by molar-refractivity contribution is 5.85. The summed E-state index contributed by atoms with van der Waals surface area (Å²) in [7, 11) is 0. The number of ether oxygens (including phenoxy) is 2. The first-order valence-electron chi connectivity index (χ1n) is 14.6. The van der Waals surface area contributed by atoms with Crippen LogP contribution < -0.4 is 9.47 Å². The van der Waals surface area contributed by atoms with Gasteiger partial charge in [-0.1, -0.05) is 83.4 Å². The first kappa shape index (κ1) is 39.2. The van der Waals surface area contributed by atoms with Crippen molar-refractivity contribution in [1.82, 2.24) is 0 Å². The van der Waals surface area contributed by atoms with Crippen molar-refractivity contribution in [3.63, 3.8) is 0 Å². The van der Waals surface area contributed by atoms with Crippen molar-refractivity contribution in [2.75, 3.05) is 0 Å². The Hall–Kier alpha value is -5.26. The van der Waals surface area contributed by atoms with Crippen molar-refractivity contribution in [2.45, 2.75) is 40.4 Å². The number of benzene rings is 6. The Labute approximate surface area is 281 Å². The van der Waals surface area contributed by atoms with E-state index in [2.05, 4.69) is 9.47 Å². The number of fused-ring (bicyclic) bond motifs is 2. The Balaban J connectivity index is 0.000000184. The summed E-state index contributed by atoms with van der Waals surface area (Å²) in [6.45, 7) is 7.35. The molecule has 0 atom stereocenters. The lowest BCUT2D eigenvalue weighted by atomic mass is 10.1. The van der Waals surface area contributed by atoms with Crippen LogP contribution in [0.25, 0.3) is 21.5 Å². The van der Waals surface area contributed by atoms with Gasteiger partial charge in [-0.2, -0.15) is 0 Å². The number of halogens is 10. The van der Waals surface area contributed by atoms with Gasteiger partial charge < -0.3 is 9.47 Å². The van der Waals surface area contributed by atoms with Crippen LogP contribution in [0.4, 0.5) is 43.9 Å². The molecule has 0 heterocycles. The second-order valence-corrected chi connectivity index (χ2v) is 10.9. The van der Waals surface area contributed by atoms with Gasteiger partial charge >= 0.3 is 12.7 Å². The van der Waals surface area contributed by atoms with Gasteiger partial charge in [0, 0.05) is 5.39 Å². The molecule has 0 spiro atoms. The maximum absolute atomic E-state index is 13.2. The summed E-state index contributed by atoms with van der Waals surface area (Å²) >= 11 is 0. The molecule has 6 aromatic carbocycles. The fourth-order valence-corrected chi connectivity index (χ4v) is 4.27. The molecule has 0 saturated heterocycles. The molecular formula is C38H30F10O2. The number of rotatable bonds is 2. The largest absolute Gasteiger partial charge is 0.573 e. The molecule has 6 aromatic rings. The first-order valence-corrected chi connectivity index (χ1v) is 14.6. The van der Waals surface area contributed by atoms with Crippen molar-refractivity contribution in [1.29, 1.82) is 0 Å². The van der Waals surface area contributed by atoms with Crippen molar-refractivity contribution < 1.29 is 53.4 Å². The molecule has 2 nitrogen and oxygen atoms in total. The molecule has 0 amide bonds. The van der Waals surface area contributed by atoms with E-state index in [9.17, 15) is 43.9 Å². The molecule has 0 unspecified atom stereocenters. The highest BCUT2D eigenvalue weighted by Crippen LogP contribution is 2.27. The maximum Gasteiger partial charge on any atom is 0.573 e. The second-order valence-electron chi connectivity index (χ2n) is 10.9. The Bertz CT molecular complexity index is 2020. The summed E-state index contributed by atoms with van der Waals surface area (Å²) in [5.74, 6) is -3.51. The summed E-state index contributed by atoms with van der Waals surface area (Å²) < 4.78 is 129. The summed E-state index contributed by atoms with van der Waals surface area (Å²) in [6.07, 6.45) is -9.24. The molecule has 0 aliphatic heterocycles. The fraction of sp³-hybridized carbons (Fsp3) is 0.158. The quantitative estimate of drug-likeness (QED) is 0.167. The maximum atomic E-state index is 13.2. The van der Waals surface area contributed by atoms with E-state index >= 15 is 0 Å². The van der Waals surface area contributed by atoms with Crippen LogP contribution in [-0.2, 0) is 0 Å². The van der Waals surface area contributed by atoms with Gasteiger partial charge in [0.15, 0.2) is 23.3 Å². The summed E-state index contributed by atoms with van der Waals surface area (Å²) in [5, 5.41) is 2.70. The molecule has 0 N–H and O–H groups in total. The third kappa shape index (κ3) is 13.0. The van der Waals surface area contributed by atoms with Crippen molar-refractivity contribution in [3.8, 4) is 11.5 Å². The molecular weight excluding hydrogens is 678 g/mol. The SMILES string of the molecule is Cc1ccc(F)c(F)c1.Cc1ccc(OC(F)(F)F)cc1.Cc1ccc2c(F)c(F)ccc2c1.Cc1ccc2cc(OC(F)(F)F)ccc2c1. The van der Waals surface area contributed by atoms with E-state index in [1.807, 2.05) is 32.0 Å². The second kappa shape index (κ2) is 16.9. The first-order chi connectivity index (χ1) is 23.3. The molecule has 12 heteroatoms. The monoisotopic (exact) mass is 708 g/mol. The van der Waals surface area contributed by atoms with Crippen LogP contribution in [0.5, 0.6) is 11.5 Å². The lowest BCUT2D eigenvalue weighted by molar-refractivity contribution is -0.275. The minimum absolute atomic E-state index is 0.187. The minimum Gasteiger partial charge on any atom is -0.406 e. The standard InChI is InChI=1S/C12H9F3O.C11H8F2.C8H7F3O.C7H6F2/c1-8-2-3-10-7-11(16-12(13,14)15)5-4-9(10)6-8;1-7-2-4-9-8(6-7)3-5-10(12)11(9)13;1-6-2-4-7(5-3-6)12-8(9,10)11;1-5-2-3-6(8)7(9)4-5/h2-7H,1H3;2-6H,1H3;2-5H,1H3;2-4H,1H3. The predicted molar refractivity (Wildman–Crippen MR) is 173 cm³/mol. The molecule has 0 radical (unpaired) electrons. The molecule has 0 aliphatic rings. The Morgan fingerprint density at radius 2 is 0.800 bits per heavy atom. The van der Waals surface area contributed by atoms with E-state index < -0.39 is 36.0 Å². The molecule has 0 aromatic heterocycles. The van der Waals surface area contributed by atoms with E-state index in [1.165, 1.54) is 30.3 Å². The van der Waals surface area contributed by atoms with Crippen LogP contribution in [0.3, 0.4) is 0 Å². The smallest absolute Gasteiger partial charge is 0.406 e. The summed E-state index contributed by atoms with van der Waals surface area (Å²) in [6, 6.07) is 27.2. The van der Waals surface area contributed by atoms with E-state index in [4.69, 9.17) is 0 Å². The van der Waals surface area contributed by atoms with Crippen LogP contribution in [0, 0.1) is 51.0 Å². The third-order valence-corrected chi connectivity index (χ3v) is 6.59. The van der Waals surface area contributed by atoms with E-state index in [-0.39, 0.29) is 11.5 Å². The molecule has 264 valence electrons. The zero-order valence-electron chi connectivity index (χ0n) is 27.0. The average molecular weight is 709 g/mol. The van der Waals surface area contributed by atoms with Gasteiger partial charge in [-0.15, -0.1) is 26.3 Å². The molecule has 50 heavy (non-hydrogen) atoms. The lowest BCUT2D eigenvalue weighted by Crippen LogP contribution is -2.16. The van der Waals surface area contributed by atoms with Gasteiger partial charge in [-0.25, -0.2) is 17.6 Å². The van der Waals surface area contributed by atoms with Crippen LogP contribution in [0.15, 0.2) is 109 Å². The highest BCUT2D eigenvalue weighted by Gasteiger charge is 2.31. The van der Waals surface area contributed by atoms with Crippen LogP contribution >= 0.6 is 0 Å². The Morgan fingerprint density at radius 3 is 1.38 bits per heavy atom. The molecule has 0 saturated carbocycles. The lowest BCUT2D eigenvalue weighted by Gasteiger charge is -2.09. The molecule has 0 aliphatic carbocycles.